The van der Waals surface area contributed by atoms with E-state index in [4.69, 9.17) is 0 Å². The predicted octanol–water partition coefficient (Wildman–Crippen LogP) is 2.95. The van der Waals surface area contributed by atoms with Gasteiger partial charge in [-0.2, -0.15) is 8.78 Å². The number of ether oxygens (including phenoxy) is 1. The largest absolute Gasteiger partial charge is 0.456 e. The van der Waals surface area contributed by atoms with Gasteiger partial charge in [-0.25, -0.2) is 9.18 Å². The van der Waals surface area contributed by atoms with E-state index in [0.717, 1.165) is 0 Å². The normalized spacial score (nSPS) is 21.8. The lowest BCUT2D eigenvalue weighted by Crippen LogP contribution is -2.22. The van der Waals surface area contributed by atoms with Crippen LogP contribution in [0.2, 0.25) is 0 Å². The van der Waals surface area contributed by atoms with Gasteiger partial charge in [-0.1, -0.05) is 6.07 Å². The van der Waals surface area contributed by atoms with Gasteiger partial charge in [0.2, 0.25) is 0 Å². The van der Waals surface area contributed by atoms with Crippen molar-refractivity contribution in [3.63, 3.8) is 0 Å². The molecule has 1 atom stereocenters. The third-order valence-electron chi connectivity index (χ3n) is 2.53. The smallest absolute Gasteiger partial charge is 0.377 e. The fraction of sp³-hybridized carbons (Fsp3) is 0.364. The van der Waals surface area contributed by atoms with Crippen LogP contribution in [0.15, 0.2) is 22.7 Å². The van der Waals surface area contributed by atoms with Crippen molar-refractivity contribution in [2.24, 2.45) is 0 Å². The first kappa shape index (κ1) is 13.2. The second kappa shape index (κ2) is 4.79. The SMILES string of the molecule is O=C1OC(CNc2c(F)cccc2Br)CC1(F)F. The molecule has 1 fully saturated rings. The van der Waals surface area contributed by atoms with E-state index in [1.165, 1.54) is 12.1 Å². The summed E-state index contributed by atoms with van der Waals surface area (Å²) in [5, 5.41) is 2.65. The minimum absolute atomic E-state index is 0.0686. The highest BCUT2D eigenvalue weighted by Gasteiger charge is 2.50. The number of carbonyl (C=O) groups is 1. The van der Waals surface area contributed by atoms with E-state index in [1.807, 2.05) is 0 Å². The van der Waals surface area contributed by atoms with E-state index in [0.29, 0.717) is 4.47 Å². The lowest BCUT2D eigenvalue weighted by Gasteiger charge is -2.13. The molecule has 1 N–H and O–H groups in total. The summed E-state index contributed by atoms with van der Waals surface area (Å²) in [5.74, 6) is -5.49. The van der Waals surface area contributed by atoms with E-state index < -0.39 is 30.2 Å². The van der Waals surface area contributed by atoms with Gasteiger partial charge in [0.25, 0.3) is 0 Å². The van der Waals surface area contributed by atoms with Gasteiger partial charge in [0.1, 0.15) is 11.9 Å². The first-order valence-corrected chi connectivity index (χ1v) is 5.96. The molecule has 0 bridgehead atoms. The molecule has 2 rings (SSSR count). The van der Waals surface area contributed by atoms with Crippen LogP contribution >= 0.6 is 15.9 Å². The topological polar surface area (TPSA) is 38.3 Å². The molecule has 18 heavy (non-hydrogen) atoms. The summed E-state index contributed by atoms with van der Waals surface area (Å²) in [6.45, 7) is -0.0686. The molecule has 0 aliphatic carbocycles. The Labute approximate surface area is 109 Å². The van der Waals surface area contributed by atoms with Crippen LogP contribution < -0.4 is 5.32 Å². The summed E-state index contributed by atoms with van der Waals surface area (Å²) < 4.78 is 44.1. The molecule has 3 nitrogen and oxygen atoms in total. The minimum Gasteiger partial charge on any atom is -0.456 e. The summed E-state index contributed by atoms with van der Waals surface area (Å²) in [7, 11) is 0. The van der Waals surface area contributed by atoms with E-state index in [2.05, 4.69) is 26.0 Å². The van der Waals surface area contributed by atoms with Crippen LogP contribution in [0.4, 0.5) is 18.9 Å². The van der Waals surface area contributed by atoms with Crippen molar-refractivity contribution >= 4 is 27.6 Å². The van der Waals surface area contributed by atoms with E-state index in [1.54, 1.807) is 6.07 Å². The maximum Gasteiger partial charge on any atom is 0.377 e. The molecule has 1 unspecified atom stereocenters. The van der Waals surface area contributed by atoms with Crippen molar-refractivity contribution in [2.45, 2.75) is 18.4 Å². The lowest BCUT2D eigenvalue weighted by atomic mass is 10.2. The molecule has 1 aliphatic rings. The highest BCUT2D eigenvalue weighted by atomic mass is 79.9. The second-order valence-corrected chi connectivity index (χ2v) is 4.77. The van der Waals surface area contributed by atoms with Crippen molar-refractivity contribution < 1.29 is 22.7 Å². The first-order chi connectivity index (χ1) is 8.40. The average Bonchev–Trinajstić information content (AvgIpc) is 2.52. The highest BCUT2D eigenvalue weighted by Crippen LogP contribution is 2.32. The number of hydrogen-bond donors (Lipinski definition) is 1. The number of rotatable bonds is 3. The zero-order chi connectivity index (χ0) is 13.3. The van der Waals surface area contributed by atoms with Crippen LogP contribution in [0.25, 0.3) is 0 Å². The van der Waals surface area contributed by atoms with E-state index >= 15 is 0 Å². The number of hydrogen-bond acceptors (Lipinski definition) is 3. The third-order valence-corrected chi connectivity index (χ3v) is 3.19. The van der Waals surface area contributed by atoms with Crippen molar-refractivity contribution in [1.29, 1.82) is 0 Å². The monoisotopic (exact) mass is 323 g/mol. The minimum atomic E-state index is -3.45. The second-order valence-electron chi connectivity index (χ2n) is 3.91. The van der Waals surface area contributed by atoms with Crippen LogP contribution in [0, 0.1) is 5.82 Å². The number of anilines is 1. The van der Waals surface area contributed by atoms with Crippen LogP contribution in [-0.4, -0.2) is 24.5 Å². The van der Waals surface area contributed by atoms with Gasteiger partial charge in [-0.15, -0.1) is 0 Å². The first-order valence-electron chi connectivity index (χ1n) is 5.17. The van der Waals surface area contributed by atoms with Gasteiger partial charge >= 0.3 is 11.9 Å². The number of benzene rings is 1. The number of esters is 1. The van der Waals surface area contributed by atoms with Crippen LogP contribution in [0.1, 0.15) is 6.42 Å². The number of carbonyl (C=O) groups excluding carboxylic acids is 1. The van der Waals surface area contributed by atoms with E-state index in [9.17, 15) is 18.0 Å². The Kier molecular flexibility index (Phi) is 3.52. The van der Waals surface area contributed by atoms with Gasteiger partial charge in [-0.3, -0.25) is 0 Å². The van der Waals surface area contributed by atoms with Crippen molar-refractivity contribution in [3.8, 4) is 0 Å². The molecule has 1 aromatic carbocycles. The quantitative estimate of drug-likeness (QED) is 0.869. The third kappa shape index (κ3) is 2.60. The fourth-order valence-corrected chi connectivity index (χ4v) is 2.13. The molecule has 1 aromatic rings. The van der Waals surface area contributed by atoms with Crippen molar-refractivity contribution in [3.05, 3.63) is 28.5 Å². The molecule has 0 spiro atoms. The Hall–Kier alpha value is -1.24. The number of cyclic esters (lactones) is 1. The summed E-state index contributed by atoms with van der Waals surface area (Å²) in [6.07, 6.45) is -1.65. The molecular weight excluding hydrogens is 315 g/mol. The molecular formula is C11H9BrF3NO2. The molecule has 0 saturated carbocycles. The molecule has 0 aromatic heterocycles. The summed E-state index contributed by atoms with van der Waals surface area (Å²) in [5.41, 5.74) is 0.156. The number of nitrogens with one attached hydrogen (secondary N) is 1. The molecule has 0 amide bonds. The molecule has 1 aliphatic heterocycles. The van der Waals surface area contributed by atoms with Gasteiger partial charge in [-0.05, 0) is 28.1 Å². The van der Waals surface area contributed by atoms with E-state index in [-0.39, 0.29) is 12.2 Å². The summed E-state index contributed by atoms with van der Waals surface area (Å²) >= 11 is 3.13. The number of halogens is 4. The maximum atomic E-state index is 13.4. The zero-order valence-electron chi connectivity index (χ0n) is 9.05. The Balaban J connectivity index is 1.99. The van der Waals surface area contributed by atoms with Crippen LogP contribution in [0.5, 0.6) is 0 Å². The van der Waals surface area contributed by atoms with Gasteiger partial charge in [0.15, 0.2) is 0 Å². The number of alkyl halides is 2. The zero-order valence-corrected chi connectivity index (χ0v) is 10.6. The molecule has 98 valence electrons. The summed E-state index contributed by atoms with van der Waals surface area (Å²) in [4.78, 5) is 10.8. The van der Waals surface area contributed by atoms with Crippen molar-refractivity contribution in [1.82, 2.24) is 0 Å². The van der Waals surface area contributed by atoms with Gasteiger partial charge in [0.05, 0.1) is 18.7 Å². The van der Waals surface area contributed by atoms with Gasteiger partial charge < -0.3 is 10.1 Å². The maximum absolute atomic E-state index is 13.4. The lowest BCUT2D eigenvalue weighted by molar-refractivity contribution is -0.158. The highest BCUT2D eigenvalue weighted by molar-refractivity contribution is 9.10. The standard InChI is InChI=1S/C11H9BrF3NO2/c12-7-2-1-3-8(13)9(7)16-5-6-4-11(14,15)10(17)18-6/h1-3,6,16H,4-5H2. The fourth-order valence-electron chi connectivity index (χ4n) is 1.64. The Bertz CT molecular complexity index is 461. The Morgan fingerprint density at radius 3 is 2.78 bits per heavy atom. The predicted molar refractivity (Wildman–Crippen MR) is 62.0 cm³/mol. The Morgan fingerprint density at radius 1 is 1.50 bits per heavy atom. The molecule has 0 radical (unpaired) electrons. The van der Waals surface area contributed by atoms with Crippen LogP contribution in [0.3, 0.4) is 0 Å². The average molecular weight is 324 g/mol. The summed E-state index contributed by atoms with van der Waals surface area (Å²) in [6, 6.07) is 4.36. The molecule has 1 heterocycles. The molecule has 7 heteroatoms. The van der Waals surface area contributed by atoms with Crippen LogP contribution in [-0.2, 0) is 9.53 Å². The van der Waals surface area contributed by atoms with Crippen molar-refractivity contribution in [2.75, 3.05) is 11.9 Å². The van der Waals surface area contributed by atoms with Gasteiger partial charge in [0, 0.05) is 4.47 Å². The molecule has 1 saturated heterocycles. The Morgan fingerprint density at radius 2 is 2.22 bits per heavy atom. The number of para-hydroxylation sites is 1.